The first-order valence-corrected chi connectivity index (χ1v) is 8.58. The van der Waals surface area contributed by atoms with E-state index < -0.39 is 0 Å². The van der Waals surface area contributed by atoms with Crippen LogP contribution >= 0.6 is 0 Å². The zero-order chi connectivity index (χ0) is 18.5. The van der Waals surface area contributed by atoms with Crippen molar-refractivity contribution in [2.75, 3.05) is 26.0 Å². The molecule has 1 amide bonds. The second-order valence-corrected chi connectivity index (χ2v) is 6.51. The van der Waals surface area contributed by atoms with E-state index in [2.05, 4.69) is 34.1 Å². The smallest absolute Gasteiger partial charge is 0.246 e. The molecule has 0 atom stereocenters. The van der Waals surface area contributed by atoms with Gasteiger partial charge in [0.2, 0.25) is 5.91 Å². The van der Waals surface area contributed by atoms with Gasteiger partial charge in [-0.3, -0.25) is 9.78 Å². The SMILES string of the molecule is CN(Cc1ccc(N(C)C)cc1)C(=O)/C=C/c1cccc2cccnc12. The van der Waals surface area contributed by atoms with E-state index >= 15 is 0 Å². The van der Waals surface area contributed by atoms with Gasteiger partial charge in [-0.25, -0.2) is 0 Å². The largest absolute Gasteiger partial charge is 0.378 e. The molecule has 1 heterocycles. The Labute approximate surface area is 154 Å². The zero-order valence-corrected chi connectivity index (χ0v) is 15.4. The van der Waals surface area contributed by atoms with E-state index in [1.807, 2.05) is 57.6 Å². The van der Waals surface area contributed by atoms with Crippen molar-refractivity contribution < 1.29 is 4.79 Å². The third-order valence-electron chi connectivity index (χ3n) is 4.32. The number of hydrogen-bond acceptors (Lipinski definition) is 3. The summed E-state index contributed by atoms with van der Waals surface area (Å²) in [6.07, 6.45) is 5.21. The summed E-state index contributed by atoms with van der Waals surface area (Å²) in [6, 6.07) is 18.1. The molecule has 0 N–H and O–H groups in total. The van der Waals surface area contributed by atoms with Crippen LogP contribution in [0, 0.1) is 0 Å². The van der Waals surface area contributed by atoms with Crippen LogP contribution in [0.1, 0.15) is 11.1 Å². The lowest BCUT2D eigenvalue weighted by atomic mass is 10.1. The molecule has 0 aliphatic rings. The van der Waals surface area contributed by atoms with E-state index in [0.29, 0.717) is 6.54 Å². The number of hydrogen-bond donors (Lipinski definition) is 0. The van der Waals surface area contributed by atoms with E-state index in [1.165, 1.54) is 0 Å². The van der Waals surface area contributed by atoms with Crippen LogP contribution in [0.4, 0.5) is 5.69 Å². The molecule has 0 saturated heterocycles. The van der Waals surface area contributed by atoms with Gasteiger partial charge in [0.05, 0.1) is 5.52 Å². The van der Waals surface area contributed by atoms with Crippen molar-refractivity contribution in [1.29, 1.82) is 0 Å². The third-order valence-corrected chi connectivity index (χ3v) is 4.32. The van der Waals surface area contributed by atoms with Crippen molar-refractivity contribution in [3.05, 3.63) is 78.0 Å². The minimum atomic E-state index is -0.0328. The Balaban J connectivity index is 1.69. The molecule has 1 aromatic heterocycles. The Morgan fingerprint density at radius 1 is 1.00 bits per heavy atom. The van der Waals surface area contributed by atoms with E-state index in [4.69, 9.17) is 0 Å². The number of anilines is 1. The highest BCUT2D eigenvalue weighted by atomic mass is 16.2. The van der Waals surface area contributed by atoms with Crippen molar-refractivity contribution in [2.45, 2.75) is 6.54 Å². The highest BCUT2D eigenvalue weighted by molar-refractivity contribution is 5.95. The van der Waals surface area contributed by atoms with E-state index in [-0.39, 0.29) is 5.91 Å². The summed E-state index contributed by atoms with van der Waals surface area (Å²) in [7, 11) is 5.84. The van der Waals surface area contributed by atoms with Crippen LogP contribution in [0.2, 0.25) is 0 Å². The first kappa shape index (κ1) is 17.7. The van der Waals surface area contributed by atoms with Crippen molar-refractivity contribution in [2.24, 2.45) is 0 Å². The van der Waals surface area contributed by atoms with Crippen LogP contribution in [0.3, 0.4) is 0 Å². The minimum Gasteiger partial charge on any atom is -0.378 e. The van der Waals surface area contributed by atoms with Crippen LogP contribution in [0.25, 0.3) is 17.0 Å². The van der Waals surface area contributed by atoms with Gasteiger partial charge in [0, 0.05) is 56.6 Å². The number of amides is 1. The Morgan fingerprint density at radius 3 is 2.46 bits per heavy atom. The molecular weight excluding hydrogens is 322 g/mol. The predicted molar refractivity (Wildman–Crippen MR) is 108 cm³/mol. The lowest BCUT2D eigenvalue weighted by molar-refractivity contribution is -0.125. The van der Waals surface area contributed by atoms with E-state index in [0.717, 1.165) is 27.7 Å². The molecule has 26 heavy (non-hydrogen) atoms. The number of aromatic nitrogens is 1. The fraction of sp³-hybridized carbons (Fsp3) is 0.182. The molecule has 0 spiro atoms. The fourth-order valence-corrected chi connectivity index (χ4v) is 2.80. The van der Waals surface area contributed by atoms with Gasteiger partial charge in [-0.1, -0.05) is 36.4 Å². The number of benzene rings is 2. The monoisotopic (exact) mass is 345 g/mol. The van der Waals surface area contributed by atoms with Crippen LogP contribution < -0.4 is 4.90 Å². The Kier molecular flexibility index (Phi) is 5.32. The van der Waals surface area contributed by atoms with Crippen molar-refractivity contribution >= 4 is 28.6 Å². The molecule has 0 unspecified atom stereocenters. The maximum absolute atomic E-state index is 12.4. The number of pyridine rings is 1. The molecule has 0 aliphatic heterocycles. The van der Waals surface area contributed by atoms with Gasteiger partial charge in [0.1, 0.15) is 0 Å². The van der Waals surface area contributed by atoms with E-state index in [9.17, 15) is 4.79 Å². The summed E-state index contributed by atoms with van der Waals surface area (Å²) in [5, 5.41) is 1.07. The summed E-state index contributed by atoms with van der Waals surface area (Å²) >= 11 is 0. The van der Waals surface area contributed by atoms with Crippen LogP contribution in [0.15, 0.2) is 66.9 Å². The Bertz CT molecular complexity index is 924. The Hall–Kier alpha value is -3.14. The molecule has 3 rings (SSSR count). The van der Waals surface area contributed by atoms with Gasteiger partial charge in [-0.2, -0.15) is 0 Å². The molecule has 4 heteroatoms. The number of nitrogens with zero attached hydrogens (tertiary/aromatic N) is 3. The number of fused-ring (bicyclic) bond motifs is 1. The van der Waals surface area contributed by atoms with Crippen molar-refractivity contribution in [3.63, 3.8) is 0 Å². The normalized spacial score (nSPS) is 11.0. The quantitative estimate of drug-likeness (QED) is 0.657. The number of rotatable bonds is 5. The molecule has 0 bridgehead atoms. The number of para-hydroxylation sites is 1. The second-order valence-electron chi connectivity index (χ2n) is 6.51. The molecule has 3 aromatic rings. The molecule has 2 aromatic carbocycles. The van der Waals surface area contributed by atoms with Gasteiger partial charge in [-0.15, -0.1) is 0 Å². The van der Waals surface area contributed by atoms with Gasteiger partial charge >= 0.3 is 0 Å². The molecular formula is C22H23N3O. The highest BCUT2D eigenvalue weighted by Crippen LogP contribution is 2.17. The van der Waals surface area contributed by atoms with Crippen LogP contribution in [-0.2, 0) is 11.3 Å². The summed E-state index contributed by atoms with van der Waals surface area (Å²) in [5.41, 5.74) is 4.10. The standard InChI is InChI=1S/C22H23N3O/c1-24(2)20-12-9-17(10-13-20)16-25(3)21(26)14-11-19-7-4-6-18-8-5-15-23-22(18)19/h4-15H,16H2,1-3H3/b14-11+. The predicted octanol–water partition coefficient (Wildman–Crippen LogP) is 3.97. The van der Waals surface area contributed by atoms with Gasteiger partial charge in [0.25, 0.3) is 0 Å². The molecule has 0 saturated carbocycles. The van der Waals surface area contributed by atoms with Crippen molar-refractivity contribution in [1.82, 2.24) is 9.88 Å². The number of carbonyl (C=O) groups excluding carboxylic acids is 1. The van der Waals surface area contributed by atoms with E-state index in [1.54, 1.807) is 17.2 Å². The Morgan fingerprint density at radius 2 is 1.73 bits per heavy atom. The molecule has 0 radical (unpaired) electrons. The topological polar surface area (TPSA) is 36.4 Å². The van der Waals surface area contributed by atoms with Gasteiger partial charge in [-0.05, 0) is 29.8 Å². The van der Waals surface area contributed by atoms with Crippen molar-refractivity contribution in [3.8, 4) is 0 Å². The van der Waals surface area contributed by atoms with Crippen LogP contribution in [-0.4, -0.2) is 36.9 Å². The average molecular weight is 345 g/mol. The second kappa shape index (κ2) is 7.83. The highest BCUT2D eigenvalue weighted by Gasteiger charge is 2.07. The summed E-state index contributed by atoms with van der Waals surface area (Å²) in [6.45, 7) is 0.574. The molecule has 4 nitrogen and oxygen atoms in total. The maximum atomic E-state index is 12.4. The molecule has 0 aliphatic carbocycles. The number of carbonyl (C=O) groups is 1. The average Bonchev–Trinajstić information content (AvgIpc) is 2.66. The summed E-state index contributed by atoms with van der Waals surface area (Å²) in [4.78, 5) is 20.6. The lowest BCUT2D eigenvalue weighted by Crippen LogP contribution is -2.24. The van der Waals surface area contributed by atoms with Gasteiger partial charge < -0.3 is 9.80 Å². The maximum Gasteiger partial charge on any atom is 0.246 e. The summed E-state index contributed by atoms with van der Waals surface area (Å²) < 4.78 is 0. The van der Waals surface area contributed by atoms with Gasteiger partial charge in [0.15, 0.2) is 0 Å². The molecule has 132 valence electrons. The first-order chi connectivity index (χ1) is 12.5. The fourth-order valence-electron chi connectivity index (χ4n) is 2.80. The summed E-state index contributed by atoms with van der Waals surface area (Å²) in [5.74, 6) is -0.0328. The minimum absolute atomic E-state index is 0.0328. The first-order valence-electron chi connectivity index (χ1n) is 8.58. The third kappa shape index (κ3) is 4.09. The lowest BCUT2D eigenvalue weighted by Gasteiger charge is -2.17. The molecule has 0 fully saturated rings. The zero-order valence-electron chi connectivity index (χ0n) is 15.4. The number of likely N-dealkylation sites (N-methyl/N-ethyl adjacent to an activating group) is 1. The van der Waals surface area contributed by atoms with Crippen LogP contribution in [0.5, 0.6) is 0 Å².